The predicted octanol–water partition coefficient (Wildman–Crippen LogP) is 18.4. The summed E-state index contributed by atoms with van der Waals surface area (Å²) in [6, 6.07) is 0. The molecule has 0 rings (SSSR count). The van der Waals surface area contributed by atoms with Gasteiger partial charge in [-0.3, -0.25) is 14.4 Å². The third-order valence-electron chi connectivity index (χ3n) is 12.9. The van der Waals surface area contributed by atoms with Gasteiger partial charge >= 0.3 is 17.9 Å². The van der Waals surface area contributed by atoms with Crippen LogP contribution in [-0.4, -0.2) is 37.2 Å². The van der Waals surface area contributed by atoms with Crippen molar-refractivity contribution in [3.8, 4) is 0 Å². The van der Waals surface area contributed by atoms with E-state index in [1.807, 2.05) is 0 Å². The maximum absolute atomic E-state index is 12.8. The quantitative estimate of drug-likeness (QED) is 0.0344. The Kier molecular flexibility index (Phi) is 50.7. The zero-order chi connectivity index (χ0) is 45.1. The van der Waals surface area contributed by atoms with Crippen molar-refractivity contribution in [2.24, 2.45) is 0 Å². The summed E-state index contributed by atoms with van der Waals surface area (Å²) < 4.78 is 16.9. The molecule has 1 atom stereocenters. The van der Waals surface area contributed by atoms with Crippen LogP contribution >= 0.6 is 0 Å². The van der Waals surface area contributed by atoms with E-state index in [0.717, 1.165) is 57.8 Å². The smallest absolute Gasteiger partial charge is 0.306 e. The van der Waals surface area contributed by atoms with E-state index < -0.39 is 6.10 Å². The number of hydrogen-bond donors (Lipinski definition) is 0. The first-order chi connectivity index (χ1) is 30.5. The Labute approximate surface area is 387 Å². The molecule has 0 bridgehead atoms. The highest BCUT2D eigenvalue weighted by molar-refractivity contribution is 5.71. The molecule has 0 aromatic carbocycles. The molecule has 0 heterocycles. The molecule has 0 unspecified atom stereocenters. The second kappa shape index (κ2) is 52.0. The Bertz CT molecular complexity index is 920. The van der Waals surface area contributed by atoms with Gasteiger partial charge in [-0.05, 0) is 19.3 Å². The third kappa shape index (κ3) is 49.4. The van der Waals surface area contributed by atoms with E-state index in [9.17, 15) is 14.4 Å². The van der Waals surface area contributed by atoms with Crippen molar-refractivity contribution in [1.29, 1.82) is 0 Å². The fourth-order valence-electron chi connectivity index (χ4n) is 8.62. The molecule has 0 amide bonds. The molecule has 0 radical (unpaired) electrons. The van der Waals surface area contributed by atoms with Crippen LogP contribution in [-0.2, 0) is 28.6 Å². The van der Waals surface area contributed by atoms with Gasteiger partial charge in [-0.15, -0.1) is 0 Å². The number of hydrogen-bond acceptors (Lipinski definition) is 6. The number of unbranched alkanes of at least 4 members (excludes halogenated alkanes) is 41. The second-order valence-electron chi connectivity index (χ2n) is 19.2. The molecule has 0 saturated heterocycles. The van der Waals surface area contributed by atoms with E-state index in [1.54, 1.807) is 0 Å². The monoisotopic (exact) mass is 877 g/mol. The van der Waals surface area contributed by atoms with Crippen LogP contribution in [0.5, 0.6) is 0 Å². The highest BCUT2D eigenvalue weighted by atomic mass is 16.6. The minimum Gasteiger partial charge on any atom is -0.462 e. The molecule has 0 fully saturated rings. The molecule has 0 aromatic heterocycles. The number of ether oxygens (including phenoxy) is 3. The van der Waals surface area contributed by atoms with Crippen molar-refractivity contribution >= 4 is 17.9 Å². The normalized spacial score (nSPS) is 11.9. The molecular weight excluding hydrogens is 769 g/mol. The number of rotatable bonds is 52. The molecule has 0 aliphatic heterocycles. The van der Waals surface area contributed by atoms with Gasteiger partial charge in [-0.1, -0.05) is 284 Å². The van der Waals surface area contributed by atoms with Crippen LogP contribution in [0.1, 0.15) is 323 Å². The van der Waals surface area contributed by atoms with Crippen molar-refractivity contribution in [3.05, 3.63) is 0 Å². The minimum atomic E-state index is -0.760. The lowest BCUT2D eigenvalue weighted by Gasteiger charge is -2.18. The molecule has 0 aliphatic rings. The SMILES string of the molecule is CCCCCCCCCCCCCCCCCCCC(=O)O[C@H](COC(=O)CCCCCCCCCCCCCCC)COC(=O)CCCCCCCCCCCCCCCC. The molecule has 62 heavy (non-hydrogen) atoms. The van der Waals surface area contributed by atoms with Crippen LogP contribution in [0.3, 0.4) is 0 Å². The zero-order valence-electron chi connectivity index (χ0n) is 42.2. The lowest BCUT2D eigenvalue weighted by molar-refractivity contribution is -0.167. The van der Waals surface area contributed by atoms with Gasteiger partial charge in [-0.25, -0.2) is 0 Å². The van der Waals surface area contributed by atoms with Crippen LogP contribution < -0.4 is 0 Å². The van der Waals surface area contributed by atoms with E-state index in [0.29, 0.717) is 19.3 Å². The predicted molar refractivity (Wildman–Crippen MR) is 266 cm³/mol. The first kappa shape index (κ1) is 60.4. The summed E-state index contributed by atoms with van der Waals surface area (Å²) in [5, 5.41) is 0. The minimum absolute atomic E-state index is 0.0613. The Balaban J connectivity index is 4.29. The van der Waals surface area contributed by atoms with Gasteiger partial charge in [-0.2, -0.15) is 0 Å². The van der Waals surface area contributed by atoms with Gasteiger partial charge in [0, 0.05) is 19.3 Å². The van der Waals surface area contributed by atoms with E-state index in [-0.39, 0.29) is 31.1 Å². The standard InChI is InChI=1S/C56H108O6/c1-4-7-10-13-16-19-22-25-27-28-29-32-35-38-41-44-47-50-56(59)62-53(51-60-54(57)48-45-42-39-36-33-30-24-21-18-15-12-9-6-3)52-61-55(58)49-46-43-40-37-34-31-26-23-20-17-14-11-8-5-2/h53H,4-52H2,1-3H3/t53-/m1/s1. The number of carbonyl (C=O) groups is 3. The van der Waals surface area contributed by atoms with E-state index >= 15 is 0 Å². The van der Waals surface area contributed by atoms with Crippen LogP contribution in [0.4, 0.5) is 0 Å². The van der Waals surface area contributed by atoms with Crippen molar-refractivity contribution in [2.45, 2.75) is 329 Å². The van der Waals surface area contributed by atoms with Crippen molar-refractivity contribution < 1.29 is 28.6 Å². The van der Waals surface area contributed by atoms with Crippen molar-refractivity contribution in [2.75, 3.05) is 13.2 Å². The first-order valence-electron chi connectivity index (χ1n) is 28.0. The molecule has 0 aromatic rings. The second-order valence-corrected chi connectivity index (χ2v) is 19.2. The maximum atomic E-state index is 12.8. The molecule has 0 N–H and O–H groups in total. The van der Waals surface area contributed by atoms with Crippen LogP contribution in [0, 0.1) is 0 Å². The lowest BCUT2D eigenvalue weighted by atomic mass is 10.0. The summed E-state index contributed by atoms with van der Waals surface area (Å²) >= 11 is 0. The van der Waals surface area contributed by atoms with Gasteiger partial charge < -0.3 is 14.2 Å². The van der Waals surface area contributed by atoms with E-state index in [1.165, 1.54) is 225 Å². The van der Waals surface area contributed by atoms with Gasteiger partial charge in [0.15, 0.2) is 6.10 Å². The number of esters is 3. The van der Waals surface area contributed by atoms with Gasteiger partial charge in [0.1, 0.15) is 13.2 Å². The molecule has 0 saturated carbocycles. The first-order valence-corrected chi connectivity index (χ1v) is 28.0. The lowest BCUT2D eigenvalue weighted by Crippen LogP contribution is -2.30. The number of carbonyl (C=O) groups excluding carboxylic acids is 3. The molecular formula is C56H108O6. The molecule has 368 valence electrons. The van der Waals surface area contributed by atoms with Gasteiger partial charge in [0.05, 0.1) is 0 Å². The summed E-state index contributed by atoms with van der Waals surface area (Å²) in [7, 11) is 0. The van der Waals surface area contributed by atoms with Crippen LogP contribution in [0.2, 0.25) is 0 Å². The van der Waals surface area contributed by atoms with Crippen molar-refractivity contribution in [1.82, 2.24) is 0 Å². The Morgan fingerprint density at radius 3 is 0.645 bits per heavy atom. The van der Waals surface area contributed by atoms with E-state index in [4.69, 9.17) is 14.2 Å². The van der Waals surface area contributed by atoms with Crippen LogP contribution in [0.25, 0.3) is 0 Å². The topological polar surface area (TPSA) is 78.9 Å². The Hall–Kier alpha value is -1.59. The molecule has 6 heteroatoms. The Morgan fingerprint density at radius 2 is 0.435 bits per heavy atom. The largest absolute Gasteiger partial charge is 0.462 e. The highest BCUT2D eigenvalue weighted by Crippen LogP contribution is 2.17. The molecule has 0 aliphatic carbocycles. The average molecular weight is 877 g/mol. The molecule has 6 nitrogen and oxygen atoms in total. The summed E-state index contributed by atoms with van der Waals surface area (Å²) in [5.41, 5.74) is 0. The third-order valence-corrected chi connectivity index (χ3v) is 12.9. The summed E-state index contributed by atoms with van der Waals surface area (Å²) in [6.45, 7) is 6.70. The fourth-order valence-corrected chi connectivity index (χ4v) is 8.62. The van der Waals surface area contributed by atoms with Gasteiger partial charge in [0.2, 0.25) is 0 Å². The van der Waals surface area contributed by atoms with E-state index in [2.05, 4.69) is 20.8 Å². The highest BCUT2D eigenvalue weighted by Gasteiger charge is 2.19. The van der Waals surface area contributed by atoms with Gasteiger partial charge in [0.25, 0.3) is 0 Å². The average Bonchev–Trinajstić information content (AvgIpc) is 3.27. The van der Waals surface area contributed by atoms with Crippen molar-refractivity contribution in [3.63, 3.8) is 0 Å². The van der Waals surface area contributed by atoms with Crippen LogP contribution in [0.15, 0.2) is 0 Å². The zero-order valence-corrected chi connectivity index (χ0v) is 42.2. The Morgan fingerprint density at radius 1 is 0.258 bits per heavy atom. The maximum Gasteiger partial charge on any atom is 0.306 e. The molecule has 0 spiro atoms. The summed E-state index contributed by atoms with van der Waals surface area (Å²) in [5.74, 6) is -0.834. The summed E-state index contributed by atoms with van der Waals surface area (Å²) in [4.78, 5) is 38.1. The fraction of sp³-hybridized carbons (Fsp3) is 0.946. The summed E-state index contributed by atoms with van der Waals surface area (Å²) in [6.07, 6.45) is 56.6.